The lowest BCUT2D eigenvalue weighted by Gasteiger charge is -2.14. The summed E-state index contributed by atoms with van der Waals surface area (Å²) < 4.78 is 10.3. The van der Waals surface area contributed by atoms with Gasteiger partial charge < -0.3 is 9.30 Å². The van der Waals surface area contributed by atoms with Gasteiger partial charge in [-0.15, -0.1) is 0 Å². The van der Waals surface area contributed by atoms with Crippen LogP contribution in [-0.4, -0.2) is 27.5 Å². The van der Waals surface area contributed by atoms with Gasteiger partial charge in [0.15, 0.2) is 14.8 Å². The molecular formula is C21H19N3O2S3. The van der Waals surface area contributed by atoms with Gasteiger partial charge in [0.2, 0.25) is 0 Å². The van der Waals surface area contributed by atoms with Gasteiger partial charge in [-0.05, 0) is 42.6 Å². The Hall–Kier alpha value is -2.42. The number of para-hydroxylation sites is 2. The zero-order valence-electron chi connectivity index (χ0n) is 16.0. The number of aromatic nitrogens is 3. The Morgan fingerprint density at radius 1 is 1.14 bits per heavy atom. The van der Waals surface area contributed by atoms with Gasteiger partial charge in [0.05, 0.1) is 12.8 Å². The second-order valence-electron chi connectivity index (χ2n) is 6.32. The van der Waals surface area contributed by atoms with Crippen molar-refractivity contribution in [3.63, 3.8) is 0 Å². The number of aryl methyl sites for hydroxylation is 2. The number of thiazole rings is 1. The van der Waals surface area contributed by atoms with Crippen LogP contribution in [-0.2, 0) is 13.0 Å². The van der Waals surface area contributed by atoms with E-state index in [1.165, 1.54) is 28.7 Å². The molecule has 0 fully saturated rings. The molecule has 0 radical (unpaired) electrons. The molecule has 5 nitrogen and oxygen atoms in total. The number of ether oxygens (including phenoxy) is 1. The average Bonchev–Trinajstić information content (AvgIpc) is 3.08. The second-order valence-corrected chi connectivity index (χ2v) is 8.74. The second kappa shape index (κ2) is 8.52. The summed E-state index contributed by atoms with van der Waals surface area (Å²) in [6.07, 6.45) is 2.74. The van der Waals surface area contributed by atoms with Gasteiger partial charge in [-0.2, -0.15) is 0 Å². The van der Waals surface area contributed by atoms with Gasteiger partial charge in [-0.3, -0.25) is 9.36 Å². The maximum absolute atomic E-state index is 13.4. The summed E-state index contributed by atoms with van der Waals surface area (Å²) in [7, 11) is 1.60. The zero-order valence-corrected chi connectivity index (χ0v) is 18.4. The van der Waals surface area contributed by atoms with Crippen LogP contribution in [0.1, 0.15) is 5.56 Å². The van der Waals surface area contributed by atoms with Crippen molar-refractivity contribution in [2.75, 3.05) is 13.4 Å². The fourth-order valence-electron chi connectivity index (χ4n) is 3.22. The van der Waals surface area contributed by atoms with E-state index in [0.717, 1.165) is 6.42 Å². The fourth-order valence-corrected chi connectivity index (χ4v) is 5.08. The summed E-state index contributed by atoms with van der Waals surface area (Å²) in [6.45, 7) is 0.682. The zero-order chi connectivity index (χ0) is 20.4. The average molecular weight is 442 g/mol. The van der Waals surface area contributed by atoms with Crippen LogP contribution in [0.3, 0.4) is 0 Å². The van der Waals surface area contributed by atoms with E-state index in [0.29, 0.717) is 37.4 Å². The molecule has 0 spiro atoms. The van der Waals surface area contributed by atoms with Gasteiger partial charge in [0, 0.05) is 6.54 Å². The Labute approximate surface area is 181 Å². The Kier molecular flexibility index (Phi) is 5.84. The molecule has 8 heteroatoms. The predicted molar refractivity (Wildman–Crippen MR) is 123 cm³/mol. The van der Waals surface area contributed by atoms with Gasteiger partial charge >= 0.3 is 0 Å². The summed E-state index contributed by atoms with van der Waals surface area (Å²) in [6, 6.07) is 17.7. The lowest BCUT2D eigenvalue weighted by Crippen LogP contribution is -2.22. The van der Waals surface area contributed by atoms with Crippen molar-refractivity contribution in [2.24, 2.45) is 0 Å². The van der Waals surface area contributed by atoms with E-state index in [1.54, 1.807) is 11.7 Å². The molecule has 2 aromatic carbocycles. The van der Waals surface area contributed by atoms with E-state index in [9.17, 15) is 4.79 Å². The molecule has 4 rings (SSSR count). The highest BCUT2D eigenvalue weighted by Crippen LogP contribution is 2.28. The molecule has 2 aromatic heterocycles. The van der Waals surface area contributed by atoms with Crippen LogP contribution in [0.25, 0.3) is 16.0 Å². The number of fused-ring (bicyclic) bond motifs is 1. The van der Waals surface area contributed by atoms with E-state index >= 15 is 0 Å². The van der Waals surface area contributed by atoms with Gasteiger partial charge in [-0.25, -0.2) is 4.98 Å². The van der Waals surface area contributed by atoms with E-state index < -0.39 is 0 Å². The Morgan fingerprint density at radius 3 is 2.59 bits per heavy atom. The lowest BCUT2D eigenvalue weighted by molar-refractivity contribution is 0.411. The van der Waals surface area contributed by atoms with E-state index in [-0.39, 0.29) is 5.56 Å². The summed E-state index contributed by atoms with van der Waals surface area (Å²) in [5.41, 5.74) is 2.42. The molecule has 29 heavy (non-hydrogen) atoms. The maximum Gasteiger partial charge on any atom is 0.278 e. The van der Waals surface area contributed by atoms with Crippen molar-refractivity contribution in [1.29, 1.82) is 0 Å². The molecule has 0 aliphatic rings. The van der Waals surface area contributed by atoms with Crippen molar-refractivity contribution < 1.29 is 4.74 Å². The first-order chi connectivity index (χ1) is 14.1. The number of benzene rings is 2. The van der Waals surface area contributed by atoms with Crippen LogP contribution < -0.4 is 10.3 Å². The van der Waals surface area contributed by atoms with E-state index in [4.69, 9.17) is 21.9 Å². The third kappa shape index (κ3) is 3.75. The van der Waals surface area contributed by atoms with Crippen LogP contribution in [0.15, 0.2) is 64.5 Å². The SMILES string of the molecule is COc1ccccc1-n1c(SC)nc2c(sc(=S)n2CCc2ccccc2)c1=O. The molecule has 0 amide bonds. The van der Waals surface area contributed by atoms with Crippen molar-refractivity contribution in [3.05, 3.63) is 74.5 Å². The van der Waals surface area contributed by atoms with Crippen molar-refractivity contribution in [1.82, 2.24) is 14.1 Å². The van der Waals surface area contributed by atoms with Gasteiger partial charge in [0.25, 0.3) is 5.56 Å². The molecule has 0 unspecified atom stereocenters. The molecule has 148 valence electrons. The third-order valence-corrected chi connectivity index (χ3v) is 6.70. The highest BCUT2D eigenvalue weighted by molar-refractivity contribution is 7.98. The molecule has 0 saturated heterocycles. The minimum absolute atomic E-state index is 0.126. The van der Waals surface area contributed by atoms with E-state index in [2.05, 4.69) is 12.1 Å². The number of rotatable bonds is 6. The molecular weight excluding hydrogens is 422 g/mol. The highest BCUT2D eigenvalue weighted by Gasteiger charge is 2.19. The summed E-state index contributed by atoms with van der Waals surface area (Å²) in [5.74, 6) is 0.623. The van der Waals surface area contributed by atoms with Crippen molar-refractivity contribution in [2.45, 2.75) is 18.1 Å². The van der Waals surface area contributed by atoms with Crippen molar-refractivity contribution >= 4 is 45.7 Å². The van der Waals surface area contributed by atoms with Crippen LogP contribution in [0.5, 0.6) is 5.75 Å². The predicted octanol–water partition coefficient (Wildman–Crippen LogP) is 4.95. The molecule has 0 atom stereocenters. The topological polar surface area (TPSA) is 49.0 Å². The highest BCUT2D eigenvalue weighted by atomic mass is 32.2. The Balaban J connectivity index is 1.86. The van der Waals surface area contributed by atoms with Gasteiger partial charge in [-0.1, -0.05) is 65.6 Å². The quantitative estimate of drug-likeness (QED) is 0.241. The smallest absolute Gasteiger partial charge is 0.278 e. The number of hydrogen-bond donors (Lipinski definition) is 0. The van der Waals surface area contributed by atoms with Crippen molar-refractivity contribution in [3.8, 4) is 11.4 Å². The minimum atomic E-state index is -0.126. The normalized spacial score (nSPS) is 11.1. The Bertz CT molecular complexity index is 1280. The standard InChI is InChI=1S/C21H19N3O2S3/c1-26-16-11-7-6-10-15(16)24-19(25)17-18(22-20(24)28-2)23(21(27)29-17)13-12-14-8-4-3-5-9-14/h3-11H,12-13H2,1-2H3. The first-order valence-corrected chi connectivity index (χ1v) is 11.5. The monoisotopic (exact) mass is 441 g/mol. The van der Waals surface area contributed by atoms with Crippen LogP contribution in [0.2, 0.25) is 0 Å². The summed E-state index contributed by atoms with van der Waals surface area (Å²) >= 11 is 8.32. The number of nitrogens with zero attached hydrogens (tertiary/aromatic N) is 3. The fraction of sp³-hybridized carbons (Fsp3) is 0.190. The first kappa shape index (κ1) is 19.9. The maximum atomic E-state index is 13.4. The minimum Gasteiger partial charge on any atom is -0.495 e. The largest absolute Gasteiger partial charge is 0.495 e. The number of methoxy groups -OCH3 is 1. The van der Waals surface area contributed by atoms with E-state index in [1.807, 2.05) is 53.3 Å². The first-order valence-electron chi connectivity index (χ1n) is 9.01. The molecule has 0 bridgehead atoms. The molecule has 0 aliphatic heterocycles. The molecule has 0 N–H and O–H groups in total. The Morgan fingerprint density at radius 2 is 1.86 bits per heavy atom. The summed E-state index contributed by atoms with van der Waals surface area (Å²) in [5, 5.41) is 0.605. The lowest BCUT2D eigenvalue weighted by atomic mass is 10.1. The molecule has 4 aromatic rings. The summed E-state index contributed by atoms with van der Waals surface area (Å²) in [4.78, 5) is 18.2. The van der Waals surface area contributed by atoms with Crippen LogP contribution >= 0.6 is 35.3 Å². The van der Waals surface area contributed by atoms with Crippen LogP contribution in [0.4, 0.5) is 0 Å². The molecule has 0 aliphatic carbocycles. The molecule has 2 heterocycles. The van der Waals surface area contributed by atoms with Gasteiger partial charge in [0.1, 0.15) is 10.4 Å². The van der Waals surface area contributed by atoms with Crippen LogP contribution in [0, 0.1) is 3.95 Å². The number of thioether (sulfide) groups is 1. The number of hydrogen-bond acceptors (Lipinski definition) is 6. The third-order valence-electron chi connectivity index (χ3n) is 4.63. The molecule has 0 saturated carbocycles.